The maximum atomic E-state index is 13.7. The van der Waals surface area contributed by atoms with Gasteiger partial charge in [0.25, 0.3) is 0 Å². The lowest BCUT2D eigenvalue weighted by Gasteiger charge is -2.14. The van der Waals surface area contributed by atoms with Gasteiger partial charge in [-0.15, -0.1) is 0 Å². The highest BCUT2D eigenvalue weighted by atomic mass is 35.5. The molecule has 0 aromatic heterocycles. The largest absolute Gasteiger partial charge is 0.453 e. The molecule has 5 heteroatoms. The van der Waals surface area contributed by atoms with Crippen molar-refractivity contribution in [2.45, 2.75) is 19.8 Å². The summed E-state index contributed by atoms with van der Waals surface area (Å²) < 4.78 is 18.2. The molecule has 16 heavy (non-hydrogen) atoms. The van der Waals surface area contributed by atoms with E-state index in [-0.39, 0.29) is 10.9 Å². The maximum absolute atomic E-state index is 13.7. The van der Waals surface area contributed by atoms with Crippen LogP contribution in [0.3, 0.4) is 0 Å². The standard InChI is InChI=1S/C11H13ClFNO2/c1-6(2)9-8(14-11(15)16-3)5-4-7(12)10(9)13/h4-6H,1-3H3,(H,14,15). The van der Waals surface area contributed by atoms with Crippen molar-refractivity contribution in [3.63, 3.8) is 0 Å². The van der Waals surface area contributed by atoms with Crippen molar-refractivity contribution in [1.29, 1.82) is 0 Å². The Morgan fingerprint density at radius 3 is 2.62 bits per heavy atom. The Morgan fingerprint density at radius 2 is 2.12 bits per heavy atom. The van der Waals surface area contributed by atoms with Crippen molar-refractivity contribution in [1.82, 2.24) is 0 Å². The van der Waals surface area contributed by atoms with Gasteiger partial charge in [-0.3, -0.25) is 5.32 Å². The van der Waals surface area contributed by atoms with Gasteiger partial charge in [0.15, 0.2) is 0 Å². The number of carbonyl (C=O) groups is 1. The number of nitrogens with one attached hydrogen (secondary N) is 1. The number of ether oxygens (including phenoxy) is 1. The number of amides is 1. The van der Waals surface area contributed by atoms with Gasteiger partial charge in [0.2, 0.25) is 0 Å². The summed E-state index contributed by atoms with van der Waals surface area (Å²) in [6, 6.07) is 2.95. The van der Waals surface area contributed by atoms with Gasteiger partial charge in [-0.1, -0.05) is 25.4 Å². The van der Waals surface area contributed by atoms with Crippen LogP contribution in [0.2, 0.25) is 5.02 Å². The van der Waals surface area contributed by atoms with Crippen molar-refractivity contribution in [2.75, 3.05) is 12.4 Å². The first-order valence-corrected chi connectivity index (χ1v) is 5.18. The van der Waals surface area contributed by atoms with E-state index < -0.39 is 11.9 Å². The second-order valence-electron chi connectivity index (χ2n) is 3.59. The van der Waals surface area contributed by atoms with Gasteiger partial charge >= 0.3 is 6.09 Å². The normalized spacial score (nSPS) is 10.4. The van der Waals surface area contributed by atoms with Crippen LogP contribution in [-0.4, -0.2) is 13.2 Å². The van der Waals surface area contributed by atoms with Gasteiger partial charge in [0, 0.05) is 5.56 Å². The first-order valence-electron chi connectivity index (χ1n) is 4.80. The smallest absolute Gasteiger partial charge is 0.411 e. The summed E-state index contributed by atoms with van der Waals surface area (Å²) in [6.45, 7) is 3.63. The Morgan fingerprint density at radius 1 is 1.50 bits per heavy atom. The highest BCUT2D eigenvalue weighted by Crippen LogP contribution is 2.31. The molecule has 0 aliphatic carbocycles. The third-order valence-electron chi connectivity index (χ3n) is 2.13. The number of rotatable bonds is 2. The third-order valence-corrected chi connectivity index (χ3v) is 2.42. The van der Waals surface area contributed by atoms with E-state index in [1.807, 2.05) is 13.8 Å². The van der Waals surface area contributed by atoms with Gasteiger partial charge in [-0.25, -0.2) is 9.18 Å². The first-order chi connectivity index (χ1) is 7.47. The molecule has 1 N–H and O–H groups in total. The summed E-state index contributed by atoms with van der Waals surface area (Å²) in [7, 11) is 1.25. The molecule has 1 rings (SSSR count). The van der Waals surface area contributed by atoms with Crippen LogP contribution in [0.1, 0.15) is 25.3 Å². The lowest BCUT2D eigenvalue weighted by molar-refractivity contribution is 0.187. The summed E-state index contributed by atoms with van der Waals surface area (Å²) in [6.07, 6.45) is -0.636. The zero-order valence-electron chi connectivity index (χ0n) is 9.30. The number of anilines is 1. The molecule has 88 valence electrons. The summed E-state index contributed by atoms with van der Waals surface area (Å²) >= 11 is 5.68. The van der Waals surface area contributed by atoms with E-state index in [1.165, 1.54) is 13.2 Å². The molecule has 1 aromatic rings. The Bertz CT molecular complexity index is 407. The second kappa shape index (κ2) is 5.16. The van der Waals surface area contributed by atoms with E-state index in [4.69, 9.17) is 11.6 Å². The van der Waals surface area contributed by atoms with Crippen molar-refractivity contribution >= 4 is 23.4 Å². The second-order valence-corrected chi connectivity index (χ2v) is 4.00. The lowest BCUT2D eigenvalue weighted by Crippen LogP contribution is -2.13. The van der Waals surface area contributed by atoms with Gasteiger partial charge in [-0.05, 0) is 18.1 Å². The zero-order chi connectivity index (χ0) is 12.3. The minimum Gasteiger partial charge on any atom is -0.453 e. The predicted molar refractivity (Wildman–Crippen MR) is 61.5 cm³/mol. The summed E-state index contributed by atoms with van der Waals surface area (Å²) in [5, 5.41) is 2.49. The van der Waals surface area contributed by atoms with Crippen molar-refractivity contribution in [3.8, 4) is 0 Å². The van der Waals surface area contributed by atoms with Crippen LogP contribution in [0.4, 0.5) is 14.9 Å². The fraction of sp³-hybridized carbons (Fsp3) is 0.364. The first kappa shape index (κ1) is 12.8. The molecule has 0 saturated carbocycles. The number of methoxy groups -OCH3 is 1. The number of benzene rings is 1. The van der Waals surface area contributed by atoms with Gasteiger partial charge in [-0.2, -0.15) is 0 Å². The molecule has 0 aliphatic rings. The van der Waals surface area contributed by atoms with E-state index >= 15 is 0 Å². The number of halogens is 2. The fourth-order valence-corrected chi connectivity index (χ4v) is 1.57. The van der Waals surface area contributed by atoms with Crippen LogP contribution < -0.4 is 5.32 Å². The highest BCUT2D eigenvalue weighted by Gasteiger charge is 2.17. The average molecular weight is 246 g/mol. The molecule has 0 aliphatic heterocycles. The SMILES string of the molecule is COC(=O)Nc1ccc(Cl)c(F)c1C(C)C. The van der Waals surface area contributed by atoms with Crippen molar-refractivity contribution in [2.24, 2.45) is 0 Å². The van der Waals surface area contributed by atoms with Crippen LogP contribution in [0.25, 0.3) is 0 Å². The van der Waals surface area contributed by atoms with Gasteiger partial charge in [0.05, 0.1) is 17.8 Å². The molecule has 0 fully saturated rings. The van der Waals surface area contributed by atoms with Gasteiger partial charge in [0.1, 0.15) is 5.82 Å². The quantitative estimate of drug-likeness (QED) is 0.861. The summed E-state index contributed by atoms with van der Waals surface area (Å²) in [4.78, 5) is 11.1. The highest BCUT2D eigenvalue weighted by molar-refractivity contribution is 6.30. The minimum absolute atomic E-state index is 0.0408. The molecule has 0 atom stereocenters. The Hall–Kier alpha value is -1.29. The van der Waals surface area contributed by atoms with E-state index in [0.29, 0.717) is 11.3 Å². The van der Waals surface area contributed by atoms with Gasteiger partial charge < -0.3 is 4.74 Å². The van der Waals surface area contributed by atoms with E-state index in [1.54, 1.807) is 6.07 Å². The molecule has 0 unspecified atom stereocenters. The van der Waals surface area contributed by atoms with Crippen LogP contribution >= 0.6 is 11.6 Å². The maximum Gasteiger partial charge on any atom is 0.411 e. The fourth-order valence-electron chi connectivity index (χ4n) is 1.40. The van der Waals surface area contributed by atoms with Crippen molar-refractivity contribution < 1.29 is 13.9 Å². The van der Waals surface area contributed by atoms with Crippen LogP contribution in [0, 0.1) is 5.82 Å². The molecule has 0 radical (unpaired) electrons. The van der Waals surface area contributed by atoms with Crippen LogP contribution in [-0.2, 0) is 4.74 Å². The Kier molecular flexibility index (Phi) is 4.12. The molecule has 0 bridgehead atoms. The van der Waals surface area contributed by atoms with Crippen LogP contribution in [0.15, 0.2) is 12.1 Å². The predicted octanol–water partition coefficient (Wildman–Crippen LogP) is 3.78. The average Bonchev–Trinajstić information content (AvgIpc) is 2.23. The molecule has 3 nitrogen and oxygen atoms in total. The zero-order valence-corrected chi connectivity index (χ0v) is 10.1. The van der Waals surface area contributed by atoms with E-state index in [2.05, 4.69) is 10.1 Å². The Balaban J connectivity index is 3.18. The minimum atomic E-state index is -0.636. The summed E-state index contributed by atoms with van der Waals surface area (Å²) in [5.41, 5.74) is 0.752. The van der Waals surface area contributed by atoms with E-state index in [9.17, 15) is 9.18 Å². The monoisotopic (exact) mass is 245 g/mol. The van der Waals surface area contributed by atoms with Crippen LogP contribution in [0.5, 0.6) is 0 Å². The van der Waals surface area contributed by atoms with E-state index in [0.717, 1.165) is 0 Å². The number of carbonyl (C=O) groups excluding carboxylic acids is 1. The molecule has 0 spiro atoms. The third kappa shape index (κ3) is 2.64. The molecular formula is C11H13ClFNO2. The molecule has 0 heterocycles. The Labute approximate surface area is 98.5 Å². The summed E-state index contributed by atoms with van der Waals surface area (Å²) in [5.74, 6) is -0.601. The molecule has 1 amide bonds. The lowest BCUT2D eigenvalue weighted by atomic mass is 10.0. The van der Waals surface area contributed by atoms with Crippen molar-refractivity contribution in [3.05, 3.63) is 28.5 Å². The number of hydrogen-bond donors (Lipinski definition) is 1. The molecule has 1 aromatic carbocycles. The molecule has 0 saturated heterocycles. The number of hydrogen-bond acceptors (Lipinski definition) is 2. The molecular weight excluding hydrogens is 233 g/mol. The topological polar surface area (TPSA) is 38.3 Å².